The highest BCUT2D eigenvalue weighted by atomic mass is 79.9. The van der Waals surface area contributed by atoms with E-state index in [0.29, 0.717) is 28.2 Å². The number of carbonyl (C=O) groups is 2. The standard InChI is InChI=1S/C22H14BrNO4/c1-13-18(28-22(26)15-4-6-16(23)7-5-15)9-8-17-20(25)19(27-21(13)17)11-14-3-2-10-24-12-14/h2-12H,1H3/b19-11-. The average Bonchev–Trinajstić information content (AvgIpc) is 3.02. The summed E-state index contributed by atoms with van der Waals surface area (Å²) in [5.74, 6) is 0.268. The van der Waals surface area contributed by atoms with Gasteiger partial charge < -0.3 is 9.47 Å². The lowest BCUT2D eigenvalue weighted by Gasteiger charge is -2.10. The normalized spacial score (nSPS) is 13.9. The van der Waals surface area contributed by atoms with E-state index in [1.807, 2.05) is 6.07 Å². The molecule has 1 aliphatic rings. The number of rotatable bonds is 3. The summed E-state index contributed by atoms with van der Waals surface area (Å²) in [4.78, 5) is 29.0. The monoisotopic (exact) mass is 435 g/mol. The highest BCUT2D eigenvalue weighted by Crippen LogP contribution is 2.39. The molecule has 138 valence electrons. The summed E-state index contributed by atoms with van der Waals surface area (Å²) in [6.45, 7) is 1.75. The van der Waals surface area contributed by atoms with Crippen molar-refractivity contribution in [2.75, 3.05) is 0 Å². The van der Waals surface area contributed by atoms with Gasteiger partial charge in [-0.15, -0.1) is 0 Å². The largest absolute Gasteiger partial charge is 0.452 e. The van der Waals surface area contributed by atoms with Crippen LogP contribution in [0, 0.1) is 6.92 Å². The molecule has 0 unspecified atom stereocenters. The van der Waals surface area contributed by atoms with Crippen molar-refractivity contribution in [3.63, 3.8) is 0 Å². The van der Waals surface area contributed by atoms with Gasteiger partial charge in [0.25, 0.3) is 0 Å². The predicted octanol–water partition coefficient (Wildman–Crippen LogP) is 4.99. The van der Waals surface area contributed by atoms with Crippen LogP contribution in [0.2, 0.25) is 0 Å². The topological polar surface area (TPSA) is 65.5 Å². The molecule has 0 spiro atoms. The highest BCUT2D eigenvalue weighted by Gasteiger charge is 2.30. The Morgan fingerprint density at radius 1 is 1.14 bits per heavy atom. The van der Waals surface area contributed by atoms with Crippen molar-refractivity contribution < 1.29 is 19.1 Å². The second kappa shape index (κ2) is 7.40. The number of carbonyl (C=O) groups excluding carboxylic acids is 2. The summed E-state index contributed by atoms with van der Waals surface area (Å²) in [5.41, 5.74) is 2.22. The number of halogens is 1. The van der Waals surface area contributed by atoms with E-state index in [0.717, 1.165) is 10.0 Å². The number of Topliss-reactive ketones (excluding diaryl/α,β-unsaturated/α-hetero) is 1. The van der Waals surface area contributed by atoms with Crippen molar-refractivity contribution in [3.8, 4) is 11.5 Å². The molecule has 2 aromatic carbocycles. The molecule has 0 radical (unpaired) electrons. The van der Waals surface area contributed by atoms with E-state index in [2.05, 4.69) is 20.9 Å². The van der Waals surface area contributed by atoms with Gasteiger partial charge in [-0.1, -0.05) is 22.0 Å². The third kappa shape index (κ3) is 3.46. The molecule has 0 atom stereocenters. The van der Waals surface area contributed by atoms with Crippen LogP contribution in [0.4, 0.5) is 0 Å². The first-order valence-electron chi connectivity index (χ1n) is 8.48. The molecule has 2 heterocycles. The molecule has 3 aromatic rings. The number of ether oxygens (including phenoxy) is 2. The number of allylic oxidation sites excluding steroid dienone is 1. The molecule has 4 rings (SSSR count). The fraction of sp³-hybridized carbons (Fsp3) is 0.0455. The molecule has 1 aliphatic heterocycles. The highest BCUT2D eigenvalue weighted by molar-refractivity contribution is 9.10. The lowest BCUT2D eigenvalue weighted by atomic mass is 10.1. The quantitative estimate of drug-likeness (QED) is 0.329. The lowest BCUT2D eigenvalue weighted by Crippen LogP contribution is -2.09. The number of fused-ring (bicyclic) bond motifs is 1. The molecule has 5 nitrogen and oxygen atoms in total. The van der Waals surface area contributed by atoms with Gasteiger partial charge in [-0.2, -0.15) is 0 Å². The fourth-order valence-electron chi connectivity index (χ4n) is 2.84. The summed E-state index contributed by atoms with van der Waals surface area (Å²) >= 11 is 3.33. The van der Waals surface area contributed by atoms with E-state index in [9.17, 15) is 9.59 Å². The van der Waals surface area contributed by atoms with Crippen LogP contribution in [-0.4, -0.2) is 16.7 Å². The van der Waals surface area contributed by atoms with Crippen LogP contribution in [0.5, 0.6) is 11.5 Å². The molecule has 0 N–H and O–H groups in total. The van der Waals surface area contributed by atoms with Gasteiger partial charge in [0, 0.05) is 22.4 Å². The van der Waals surface area contributed by atoms with Crippen LogP contribution in [0.15, 0.2) is 71.2 Å². The van der Waals surface area contributed by atoms with E-state index < -0.39 is 5.97 Å². The third-order valence-corrected chi connectivity index (χ3v) is 4.83. The smallest absolute Gasteiger partial charge is 0.343 e. The van der Waals surface area contributed by atoms with E-state index in [-0.39, 0.29) is 11.5 Å². The maximum Gasteiger partial charge on any atom is 0.343 e. The number of benzene rings is 2. The maximum atomic E-state index is 12.6. The minimum Gasteiger partial charge on any atom is -0.452 e. The summed E-state index contributed by atoms with van der Waals surface area (Å²) in [7, 11) is 0. The number of pyridine rings is 1. The van der Waals surface area contributed by atoms with Gasteiger partial charge in [-0.05, 0) is 61.0 Å². The number of hydrogen-bond donors (Lipinski definition) is 0. The minimum atomic E-state index is -0.481. The Hall–Kier alpha value is -3.25. The second-order valence-corrected chi connectivity index (χ2v) is 7.10. The molecular weight excluding hydrogens is 422 g/mol. The minimum absolute atomic E-state index is 0.211. The van der Waals surface area contributed by atoms with Gasteiger partial charge >= 0.3 is 5.97 Å². The van der Waals surface area contributed by atoms with Crippen LogP contribution >= 0.6 is 15.9 Å². The predicted molar refractivity (Wildman–Crippen MR) is 107 cm³/mol. The third-order valence-electron chi connectivity index (χ3n) is 4.30. The van der Waals surface area contributed by atoms with Crippen LogP contribution < -0.4 is 9.47 Å². The Kier molecular flexibility index (Phi) is 4.79. The van der Waals surface area contributed by atoms with Crippen molar-refractivity contribution in [2.45, 2.75) is 6.92 Å². The van der Waals surface area contributed by atoms with Gasteiger partial charge in [0.2, 0.25) is 5.78 Å². The summed E-state index contributed by atoms with van der Waals surface area (Å²) in [5, 5.41) is 0. The lowest BCUT2D eigenvalue weighted by molar-refractivity contribution is 0.0733. The van der Waals surface area contributed by atoms with Crippen molar-refractivity contribution in [1.82, 2.24) is 4.98 Å². The molecular formula is C22H14BrNO4. The summed E-state index contributed by atoms with van der Waals surface area (Å²) in [6, 6.07) is 13.7. The Morgan fingerprint density at radius 2 is 1.93 bits per heavy atom. The Bertz CT molecular complexity index is 1110. The van der Waals surface area contributed by atoms with Crippen molar-refractivity contribution in [1.29, 1.82) is 0 Å². The van der Waals surface area contributed by atoms with Gasteiger partial charge in [-0.25, -0.2) is 4.79 Å². The van der Waals surface area contributed by atoms with Gasteiger partial charge in [0.05, 0.1) is 11.1 Å². The Morgan fingerprint density at radius 3 is 2.64 bits per heavy atom. The second-order valence-electron chi connectivity index (χ2n) is 6.19. The van der Waals surface area contributed by atoms with Crippen LogP contribution in [0.3, 0.4) is 0 Å². The Labute approximate surface area is 169 Å². The van der Waals surface area contributed by atoms with E-state index in [1.54, 1.807) is 67.9 Å². The molecule has 28 heavy (non-hydrogen) atoms. The maximum absolute atomic E-state index is 12.6. The first-order valence-corrected chi connectivity index (χ1v) is 9.28. The SMILES string of the molecule is Cc1c(OC(=O)c2ccc(Br)cc2)ccc2c1O/C(=C\c1cccnc1)C2=O. The zero-order valence-corrected chi connectivity index (χ0v) is 16.4. The molecule has 6 heteroatoms. The first-order chi connectivity index (χ1) is 13.5. The zero-order chi connectivity index (χ0) is 19.7. The Balaban J connectivity index is 1.61. The van der Waals surface area contributed by atoms with Gasteiger partial charge in [0.15, 0.2) is 5.76 Å². The number of hydrogen-bond acceptors (Lipinski definition) is 5. The van der Waals surface area contributed by atoms with Crippen LogP contribution in [-0.2, 0) is 0 Å². The summed E-state index contributed by atoms with van der Waals surface area (Å²) < 4.78 is 12.2. The number of esters is 1. The van der Waals surface area contributed by atoms with Crippen molar-refractivity contribution in [3.05, 3.63) is 93.4 Å². The van der Waals surface area contributed by atoms with Crippen molar-refractivity contribution >= 4 is 33.8 Å². The van der Waals surface area contributed by atoms with E-state index >= 15 is 0 Å². The molecule has 0 aliphatic carbocycles. The van der Waals surface area contributed by atoms with Crippen molar-refractivity contribution in [2.24, 2.45) is 0 Å². The van der Waals surface area contributed by atoms with E-state index in [1.165, 1.54) is 0 Å². The zero-order valence-electron chi connectivity index (χ0n) is 14.8. The first kappa shape index (κ1) is 18.1. The molecule has 0 bridgehead atoms. The van der Waals surface area contributed by atoms with Crippen LogP contribution in [0.25, 0.3) is 6.08 Å². The fourth-order valence-corrected chi connectivity index (χ4v) is 3.10. The summed E-state index contributed by atoms with van der Waals surface area (Å²) in [6.07, 6.45) is 4.94. The van der Waals surface area contributed by atoms with Crippen LogP contribution in [0.1, 0.15) is 31.8 Å². The number of aromatic nitrogens is 1. The van der Waals surface area contributed by atoms with Gasteiger partial charge in [-0.3, -0.25) is 9.78 Å². The molecule has 0 amide bonds. The number of ketones is 1. The molecule has 1 aromatic heterocycles. The van der Waals surface area contributed by atoms with E-state index in [4.69, 9.17) is 9.47 Å². The molecule has 0 fully saturated rings. The molecule has 0 saturated carbocycles. The average molecular weight is 436 g/mol. The molecule has 0 saturated heterocycles. The number of nitrogens with zero attached hydrogens (tertiary/aromatic N) is 1. The van der Waals surface area contributed by atoms with Gasteiger partial charge in [0.1, 0.15) is 11.5 Å².